The van der Waals surface area contributed by atoms with Crippen LogP contribution in [0, 0.1) is 0 Å². The van der Waals surface area contributed by atoms with Crippen LogP contribution in [0.15, 0.2) is 72.8 Å². The van der Waals surface area contributed by atoms with Gasteiger partial charge in [0.25, 0.3) is 0 Å². The topological polar surface area (TPSA) is 18.5 Å². The summed E-state index contributed by atoms with van der Waals surface area (Å²) in [5, 5.41) is 0. The summed E-state index contributed by atoms with van der Waals surface area (Å²) in [6.07, 6.45) is 17.0. The minimum absolute atomic E-state index is 0.123. The first-order valence-corrected chi connectivity index (χ1v) is 15.8. The summed E-state index contributed by atoms with van der Waals surface area (Å²) < 4.78 is 12.2. The lowest BCUT2D eigenvalue weighted by Crippen LogP contribution is -2.02. The number of benzene rings is 3. The third-order valence-corrected chi connectivity index (χ3v) is 7.67. The zero-order valence-electron chi connectivity index (χ0n) is 24.9. The predicted molar refractivity (Wildman–Crippen MR) is 169 cm³/mol. The molecule has 212 valence electrons. The van der Waals surface area contributed by atoms with Crippen molar-refractivity contribution >= 4 is 0 Å². The van der Waals surface area contributed by atoms with E-state index in [1.54, 1.807) is 0 Å². The fraction of sp³-hybridized carbons (Fsp3) is 0.514. The fourth-order valence-corrected chi connectivity index (χ4v) is 5.14. The Morgan fingerprint density at radius 3 is 1.51 bits per heavy atom. The van der Waals surface area contributed by atoms with Crippen molar-refractivity contribution in [3.8, 4) is 28.0 Å². The molecule has 0 aliphatic rings. The summed E-state index contributed by atoms with van der Waals surface area (Å²) in [4.78, 5) is 0. The van der Waals surface area contributed by atoms with Gasteiger partial charge in [-0.3, -0.25) is 0 Å². The molecule has 0 amide bonds. The number of rotatable bonds is 20. The molecule has 0 N–H and O–H groups in total. The lowest BCUT2D eigenvalue weighted by Gasteiger charge is -2.15. The number of ether oxygens (including phenoxy) is 2. The van der Waals surface area contributed by atoms with Crippen LogP contribution in [0.3, 0.4) is 0 Å². The Morgan fingerprint density at radius 2 is 0.974 bits per heavy atom. The first-order valence-electron chi connectivity index (χ1n) is 15.8. The van der Waals surface area contributed by atoms with Gasteiger partial charge in [0.2, 0.25) is 0 Å². The Balaban J connectivity index is 1.50. The summed E-state index contributed by atoms with van der Waals surface area (Å²) >= 11 is 0. The Morgan fingerprint density at radius 1 is 0.513 bits per heavy atom. The van der Waals surface area contributed by atoms with Crippen LogP contribution in [-0.4, -0.2) is 13.2 Å². The molecule has 0 spiro atoms. The minimum atomic E-state index is 0.123. The number of unbranched alkanes of at least 4 members (excludes halogenated alkanes) is 11. The van der Waals surface area contributed by atoms with Gasteiger partial charge in [0.05, 0.1) is 12.7 Å². The maximum Gasteiger partial charge on any atom is 0.119 e. The molecule has 0 saturated heterocycles. The zero-order chi connectivity index (χ0) is 27.5. The second kappa shape index (κ2) is 18.7. The lowest BCUT2D eigenvalue weighted by atomic mass is 9.94. The highest BCUT2D eigenvalue weighted by atomic mass is 16.5. The van der Waals surface area contributed by atoms with Gasteiger partial charge in [-0.1, -0.05) is 145 Å². The molecule has 0 aliphatic carbocycles. The molecule has 39 heavy (non-hydrogen) atoms. The monoisotopic (exact) mass is 528 g/mol. The van der Waals surface area contributed by atoms with Gasteiger partial charge >= 0.3 is 0 Å². The normalized spacial score (nSPS) is 12.0. The van der Waals surface area contributed by atoms with E-state index in [1.807, 2.05) is 0 Å². The number of hydrogen-bond donors (Lipinski definition) is 0. The fourth-order valence-electron chi connectivity index (χ4n) is 5.14. The standard InChI is InChI=1S/C37H52O2/c1-4-6-8-10-12-14-17-29-38-31(3)32-21-23-33(24-22-32)36-19-15-16-20-37(36)34-25-27-35(28-26-34)39-30-18-13-11-9-7-5-2/h15-16,19-28,31H,4-14,17-18,29-30H2,1-3H3. The van der Waals surface area contributed by atoms with Crippen molar-refractivity contribution in [2.45, 2.75) is 110 Å². The summed E-state index contributed by atoms with van der Waals surface area (Å²) in [6.45, 7) is 8.34. The summed E-state index contributed by atoms with van der Waals surface area (Å²) in [6, 6.07) is 26.2. The van der Waals surface area contributed by atoms with Crippen molar-refractivity contribution < 1.29 is 9.47 Å². The van der Waals surface area contributed by atoms with Crippen molar-refractivity contribution in [3.05, 3.63) is 78.4 Å². The van der Waals surface area contributed by atoms with Crippen LogP contribution >= 0.6 is 0 Å². The molecule has 1 unspecified atom stereocenters. The molecule has 2 nitrogen and oxygen atoms in total. The second-order valence-electron chi connectivity index (χ2n) is 10.9. The molecule has 3 aromatic carbocycles. The average molecular weight is 529 g/mol. The van der Waals surface area contributed by atoms with E-state index in [0.29, 0.717) is 0 Å². The molecule has 3 aromatic rings. The maximum atomic E-state index is 6.15. The Hall–Kier alpha value is -2.58. The highest BCUT2D eigenvalue weighted by Crippen LogP contribution is 2.33. The van der Waals surface area contributed by atoms with Crippen molar-refractivity contribution in [1.82, 2.24) is 0 Å². The highest BCUT2D eigenvalue weighted by Gasteiger charge is 2.10. The molecule has 0 radical (unpaired) electrons. The zero-order valence-corrected chi connectivity index (χ0v) is 24.9. The third-order valence-electron chi connectivity index (χ3n) is 7.67. The van der Waals surface area contributed by atoms with Gasteiger partial charge in [-0.2, -0.15) is 0 Å². The van der Waals surface area contributed by atoms with Gasteiger partial charge in [0.15, 0.2) is 0 Å². The van der Waals surface area contributed by atoms with E-state index in [2.05, 4.69) is 93.6 Å². The van der Waals surface area contributed by atoms with Gasteiger partial charge in [-0.05, 0) is 59.7 Å². The van der Waals surface area contributed by atoms with E-state index >= 15 is 0 Å². The van der Waals surface area contributed by atoms with Gasteiger partial charge in [0.1, 0.15) is 5.75 Å². The van der Waals surface area contributed by atoms with Crippen LogP contribution in [0.2, 0.25) is 0 Å². The smallest absolute Gasteiger partial charge is 0.119 e. The van der Waals surface area contributed by atoms with Gasteiger partial charge in [0, 0.05) is 6.61 Å². The van der Waals surface area contributed by atoms with Crippen LogP contribution in [-0.2, 0) is 4.74 Å². The Labute approximate surface area is 239 Å². The molecule has 0 heterocycles. The summed E-state index contributed by atoms with van der Waals surface area (Å²) in [7, 11) is 0. The Bertz CT molecular complexity index is 1020. The number of hydrogen-bond acceptors (Lipinski definition) is 2. The van der Waals surface area contributed by atoms with E-state index < -0.39 is 0 Å². The molecule has 0 fully saturated rings. The molecule has 2 heteroatoms. The molecule has 0 aromatic heterocycles. The minimum Gasteiger partial charge on any atom is -0.494 e. The molecule has 0 saturated carbocycles. The predicted octanol–water partition coefficient (Wildman–Crippen LogP) is 11.6. The first kappa shape index (κ1) is 31.0. The highest BCUT2D eigenvalue weighted by molar-refractivity contribution is 5.83. The molecular formula is C37H52O2. The van der Waals surface area contributed by atoms with E-state index in [4.69, 9.17) is 9.47 Å². The van der Waals surface area contributed by atoms with Crippen molar-refractivity contribution in [1.29, 1.82) is 0 Å². The maximum absolute atomic E-state index is 6.15. The SMILES string of the molecule is CCCCCCCCCOC(C)c1ccc(-c2ccccc2-c2ccc(OCCCCCCCC)cc2)cc1. The third kappa shape index (κ3) is 11.2. The van der Waals surface area contributed by atoms with Crippen LogP contribution in [0.1, 0.15) is 116 Å². The van der Waals surface area contributed by atoms with E-state index in [1.165, 1.54) is 98.4 Å². The Kier molecular flexibility index (Phi) is 14.8. The molecule has 0 aliphatic heterocycles. The van der Waals surface area contributed by atoms with Gasteiger partial charge in [-0.15, -0.1) is 0 Å². The van der Waals surface area contributed by atoms with Crippen molar-refractivity contribution in [3.63, 3.8) is 0 Å². The average Bonchev–Trinajstić information content (AvgIpc) is 2.98. The van der Waals surface area contributed by atoms with Crippen LogP contribution in [0.5, 0.6) is 5.75 Å². The summed E-state index contributed by atoms with van der Waals surface area (Å²) in [5.74, 6) is 0.958. The quantitative estimate of drug-likeness (QED) is 0.136. The molecular weight excluding hydrogens is 476 g/mol. The second-order valence-corrected chi connectivity index (χ2v) is 10.9. The van der Waals surface area contributed by atoms with Crippen molar-refractivity contribution in [2.75, 3.05) is 13.2 Å². The van der Waals surface area contributed by atoms with Crippen LogP contribution in [0.25, 0.3) is 22.3 Å². The van der Waals surface area contributed by atoms with Crippen molar-refractivity contribution in [2.24, 2.45) is 0 Å². The van der Waals surface area contributed by atoms with E-state index in [-0.39, 0.29) is 6.10 Å². The molecule has 3 rings (SSSR count). The van der Waals surface area contributed by atoms with Crippen LogP contribution < -0.4 is 4.74 Å². The van der Waals surface area contributed by atoms with Crippen LogP contribution in [0.4, 0.5) is 0 Å². The van der Waals surface area contributed by atoms with Gasteiger partial charge in [-0.25, -0.2) is 0 Å². The lowest BCUT2D eigenvalue weighted by molar-refractivity contribution is 0.0627. The van der Waals surface area contributed by atoms with E-state index in [0.717, 1.165) is 31.8 Å². The van der Waals surface area contributed by atoms with Gasteiger partial charge < -0.3 is 9.47 Å². The molecule has 0 bridgehead atoms. The van der Waals surface area contributed by atoms with E-state index in [9.17, 15) is 0 Å². The first-order chi connectivity index (χ1) is 19.2. The molecule has 1 atom stereocenters. The summed E-state index contributed by atoms with van der Waals surface area (Å²) in [5.41, 5.74) is 6.19. The largest absolute Gasteiger partial charge is 0.494 e.